The minimum Gasteiger partial charge on any atom is -0.506 e. The van der Waals surface area contributed by atoms with Crippen LogP contribution in [0, 0.1) is 12.3 Å². The average molecular weight is 223 g/mol. The lowest BCUT2D eigenvalue weighted by Gasteiger charge is -2.29. The molecular weight excluding hydrogens is 202 g/mol. The Labute approximate surface area is 97.2 Å². The summed E-state index contributed by atoms with van der Waals surface area (Å²) in [4.78, 5) is 4.16. The summed E-state index contributed by atoms with van der Waals surface area (Å²) >= 11 is 0. The highest BCUT2D eigenvalue weighted by molar-refractivity contribution is 5.42. The average Bonchev–Trinajstić information content (AvgIpc) is 2.19. The normalized spacial score (nSPS) is 13.9. The number of aromatic hydroxyl groups is 1. The van der Waals surface area contributed by atoms with Gasteiger partial charge in [0.15, 0.2) is 0 Å². The van der Waals surface area contributed by atoms with E-state index in [9.17, 15) is 10.2 Å². The number of hydrogen-bond acceptors (Lipinski definition) is 3. The van der Waals surface area contributed by atoms with Crippen molar-refractivity contribution in [3.63, 3.8) is 0 Å². The first-order chi connectivity index (χ1) is 7.29. The highest BCUT2D eigenvalue weighted by Crippen LogP contribution is 2.38. The minimum atomic E-state index is -0.148. The van der Waals surface area contributed by atoms with E-state index in [1.807, 2.05) is 0 Å². The van der Waals surface area contributed by atoms with Crippen molar-refractivity contribution in [2.45, 2.75) is 47.1 Å². The SMILES string of the molecule is Cc1ncc(C(C)C(C)(C)C)c(CO)c1O. The zero-order valence-corrected chi connectivity index (χ0v) is 10.7. The van der Waals surface area contributed by atoms with Crippen molar-refractivity contribution in [1.82, 2.24) is 4.98 Å². The Bertz CT molecular complexity index is 380. The van der Waals surface area contributed by atoms with Gasteiger partial charge in [0.1, 0.15) is 5.75 Å². The number of rotatable bonds is 2. The largest absolute Gasteiger partial charge is 0.506 e. The van der Waals surface area contributed by atoms with Crippen LogP contribution >= 0.6 is 0 Å². The topological polar surface area (TPSA) is 53.4 Å². The second kappa shape index (κ2) is 4.42. The van der Waals surface area contributed by atoms with E-state index in [1.165, 1.54) is 0 Å². The van der Waals surface area contributed by atoms with Crippen LogP contribution in [0.25, 0.3) is 0 Å². The number of aromatic nitrogens is 1. The molecule has 0 radical (unpaired) electrons. The van der Waals surface area contributed by atoms with Crippen LogP contribution in [-0.2, 0) is 6.61 Å². The van der Waals surface area contributed by atoms with Crippen LogP contribution < -0.4 is 0 Å². The van der Waals surface area contributed by atoms with Crippen molar-refractivity contribution < 1.29 is 10.2 Å². The molecule has 0 bridgehead atoms. The molecule has 0 aliphatic heterocycles. The minimum absolute atomic E-state index is 0.0767. The van der Waals surface area contributed by atoms with Gasteiger partial charge in [0.25, 0.3) is 0 Å². The van der Waals surface area contributed by atoms with Gasteiger partial charge in [-0.2, -0.15) is 0 Å². The molecule has 0 spiro atoms. The number of aliphatic hydroxyl groups excluding tert-OH is 1. The molecule has 1 aromatic rings. The van der Waals surface area contributed by atoms with Crippen molar-refractivity contribution in [1.29, 1.82) is 0 Å². The molecule has 2 N–H and O–H groups in total. The number of nitrogens with zero attached hydrogens (tertiary/aromatic N) is 1. The van der Waals surface area contributed by atoms with Crippen molar-refractivity contribution in [3.8, 4) is 5.75 Å². The first-order valence-corrected chi connectivity index (χ1v) is 5.57. The molecule has 3 heteroatoms. The van der Waals surface area contributed by atoms with E-state index in [0.717, 1.165) is 5.56 Å². The molecule has 0 aliphatic rings. The van der Waals surface area contributed by atoms with Crippen molar-refractivity contribution in [2.75, 3.05) is 0 Å². The Morgan fingerprint density at radius 1 is 1.38 bits per heavy atom. The Morgan fingerprint density at radius 2 is 1.94 bits per heavy atom. The molecule has 0 saturated heterocycles. The second-order valence-electron chi connectivity index (χ2n) is 5.37. The maximum Gasteiger partial charge on any atom is 0.142 e. The van der Waals surface area contributed by atoms with Crippen LogP contribution in [-0.4, -0.2) is 15.2 Å². The number of aryl methyl sites for hydroxylation is 1. The first-order valence-electron chi connectivity index (χ1n) is 5.57. The molecule has 0 aliphatic carbocycles. The Hall–Kier alpha value is -1.09. The van der Waals surface area contributed by atoms with Gasteiger partial charge in [0.2, 0.25) is 0 Å². The van der Waals surface area contributed by atoms with Gasteiger partial charge in [0, 0.05) is 11.8 Å². The number of aliphatic hydroxyl groups is 1. The fourth-order valence-electron chi connectivity index (χ4n) is 1.67. The lowest BCUT2D eigenvalue weighted by molar-refractivity contribution is 0.267. The second-order valence-corrected chi connectivity index (χ2v) is 5.37. The smallest absolute Gasteiger partial charge is 0.142 e. The molecule has 1 atom stereocenters. The van der Waals surface area contributed by atoms with Crippen molar-refractivity contribution in [3.05, 3.63) is 23.0 Å². The summed E-state index contributed by atoms with van der Waals surface area (Å²) in [5.74, 6) is 0.352. The van der Waals surface area contributed by atoms with Gasteiger partial charge in [-0.15, -0.1) is 0 Å². The molecule has 0 amide bonds. The standard InChI is InChI=1S/C13H21NO2/c1-8(13(3,4)5)10-6-14-9(2)12(16)11(10)7-15/h6,8,15-16H,7H2,1-5H3. The fraction of sp³-hybridized carbons (Fsp3) is 0.615. The van der Waals surface area contributed by atoms with E-state index >= 15 is 0 Å². The van der Waals surface area contributed by atoms with E-state index in [1.54, 1.807) is 13.1 Å². The van der Waals surface area contributed by atoms with Crippen LogP contribution in [0.3, 0.4) is 0 Å². The van der Waals surface area contributed by atoms with Crippen LogP contribution in [0.2, 0.25) is 0 Å². The molecule has 1 unspecified atom stereocenters. The quantitative estimate of drug-likeness (QED) is 0.810. The highest BCUT2D eigenvalue weighted by atomic mass is 16.3. The van der Waals surface area contributed by atoms with Crippen LogP contribution in [0.4, 0.5) is 0 Å². The molecular formula is C13H21NO2. The van der Waals surface area contributed by atoms with E-state index in [2.05, 4.69) is 32.7 Å². The molecule has 0 aromatic carbocycles. The predicted octanol–water partition coefficient (Wildman–Crippen LogP) is 2.74. The number of pyridine rings is 1. The summed E-state index contributed by atoms with van der Waals surface area (Å²) in [5, 5.41) is 19.2. The Kier molecular flexibility index (Phi) is 3.58. The monoisotopic (exact) mass is 223 g/mol. The molecule has 16 heavy (non-hydrogen) atoms. The predicted molar refractivity (Wildman–Crippen MR) is 64.4 cm³/mol. The lowest BCUT2D eigenvalue weighted by Crippen LogP contribution is -2.17. The molecule has 1 heterocycles. The Balaban J connectivity index is 3.30. The molecule has 0 saturated carbocycles. The zero-order valence-electron chi connectivity index (χ0n) is 10.7. The first kappa shape index (κ1) is 13.0. The maximum atomic E-state index is 9.87. The molecule has 1 rings (SSSR count). The van der Waals surface area contributed by atoms with E-state index in [0.29, 0.717) is 11.3 Å². The van der Waals surface area contributed by atoms with E-state index in [4.69, 9.17) is 0 Å². The van der Waals surface area contributed by atoms with Gasteiger partial charge in [-0.25, -0.2) is 0 Å². The van der Waals surface area contributed by atoms with Gasteiger partial charge in [0.05, 0.1) is 12.3 Å². The summed E-state index contributed by atoms with van der Waals surface area (Å²) in [6.07, 6.45) is 1.76. The van der Waals surface area contributed by atoms with Gasteiger partial charge in [-0.1, -0.05) is 27.7 Å². The van der Waals surface area contributed by atoms with Crippen LogP contribution in [0.5, 0.6) is 5.75 Å². The summed E-state index contributed by atoms with van der Waals surface area (Å²) in [5.41, 5.74) is 2.18. The van der Waals surface area contributed by atoms with Crippen molar-refractivity contribution in [2.24, 2.45) is 5.41 Å². The molecule has 1 aromatic heterocycles. The summed E-state index contributed by atoms with van der Waals surface area (Å²) in [6.45, 7) is 10.1. The lowest BCUT2D eigenvalue weighted by atomic mass is 9.77. The van der Waals surface area contributed by atoms with Crippen LogP contribution in [0.1, 0.15) is 50.4 Å². The van der Waals surface area contributed by atoms with Gasteiger partial charge >= 0.3 is 0 Å². The third-order valence-corrected chi connectivity index (χ3v) is 3.30. The van der Waals surface area contributed by atoms with Crippen LogP contribution in [0.15, 0.2) is 6.20 Å². The van der Waals surface area contributed by atoms with Crippen molar-refractivity contribution >= 4 is 0 Å². The number of hydrogen-bond donors (Lipinski definition) is 2. The zero-order chi connectivity index (χ0) is 12.5. The van der Waals surface area contributed by atoms with Gasteiger partial charge in [-0.3, -0.25) is 4.98 Å². The third-order valence-electron chi connectivity index (χ3n) is 3.30. The highest BCUT2D eigenvalue weighted by Gasteiger charge is 2.25. The summed E-state index contributed by atoms with van der Waals surface area (Å²) in [7, 11) is 0. The van der Waals surface area contributed by atoms with Gasteiger partial charge in [-0.05, 0) is 23.8 Å². The summed E-state index contributed by atoms with van der Waals surface area (Å²) in [6, 6.07) is 0. The summed E-state index contributed by atoms with van der Waals surface area (Å²) < 4.78 is 0. The molecule has 0 fully saturated rings. The van der Waals surface area contributed by atoms with E-state index < -0.39 is 0 Å². The Morgan fingerprint density at radius 3 is 2.38 bits per heavy atom. The molecule has 3 nitrogen and oxygen atoms in total. The van der Waals surface area contributed by atoms with Gasteiger partial charge < -0.3 is 10.2 Å². The maximum absolute atomic E-state index is 9.87. The fourth-order valence-corrected chi connectivity index (χ4v) is 1.67. The third kappa shape index (κ3) is 2.35. The molecule has 90 valence electrons. The van der Waals surface area contributed by atoms with E-state index in [-0.39, 0.29) is 23.7 Å².